The lowest BCUT2D eigenvalue weighted by molar-refractivity contribution is 0.340. The Hall–Kier alpha value is -1.87. The van der Waals surface area contributed by atoms with Gasteiger partial charge < -0.3 is 14.8 Å². The predicted octanol–water partition coefficient (Wildman–Crippen LogP) is 4.36. The normalized spacial score (nSPS) is 10.2. The number of halogens is 1. The van der Waals surface area contributed by atoms with E-state index in [1.54, 1.807) is 13.2 Å². The van der Waals surface area contributed by atoms with E-state index in [1.807, 2.05) is 43.3 Å². The summed E-state index contributed by atoms with van der Waals surface area (Å²) in [5, 5.41) is 4.00. The molecule has 0 saturated carbocycles. The number of methoxy groups -OCH3 is 1. The van der Waals surface area contributed by atoms with E-state index in [0.717, 1.165) is 22.7 Å². The fourth-order valence-corrected chi connectivity index (χ4v) is 2.10. The molecule has 0 saturated heterocycles. The molecule has 0 aliphatic rings. The molecule has 2 aromatic carbocycles. The lowest BCUT2D eigenvalue weighted by Crippen LogP contribution is -2.02. The van der Waals surface area contributed by atoms with Crippen molar-refractivity contribution in [2.45, 2.75) is 13.5 Å². The molecule has 0 aromatic heterocycles. The van der Waals surface area contributed by atoms with Gasteiger partial charge in [-0.25, -0.2) is 0 Å². The van der Waals surface area contributed by atoms with Gasteiger partial charge in [-0.1, -0.05) is 23.7 Å². The number of rotatable bonds is 6. The second kappa shape index (κ2) is 7.06. The molecule has 0 aliphatic heterocycles. The Morgan fingerprint density at radius 3 is 2.75 bits per heavy atom. The van der Waals surface area contributed by atoms with E-state index in [1.165, 1.54) is 0 Å². The number of hydrogen-bond donors (Lipinski definition) is 1. The summed E-state index contributed by atoms with van der Waals surface area (Å²) >= 11 is 6.01. The van der Waals surface area contributed by atoms with Crippen LogP contribution in [0.2, 0.25) is 5.02 Å². The van der Waals surface area contributed by atoms with Crippen LogP contribution in [0.15, 0.2) is 42.5 Å². The van der Waals surface area contributed by atoms with Crippen LogP contribution in [0.5, 0.6) is 11.5 Å². The fraction of sp³-hybridized carbons (Fsp3) is 0.250. The molecule has 2 aromatic rings. The van der Waals surface area contributed by atoms with Gasteiger partial charge in [0, 0.05) is 11.6 Å². The van der Waals surface area contributed by atoms with Gasteiger partial charge in [-0.05, 0) is 42.8 Å². The smallest absolute Gasteiger partial charge is 0.142 e. The van der Waals surface area contributed by atoms with Crippen LogP contribution in [0.3, 0.4) is 0 Å². The van der Waals surface area contributed by atoms with Crippen LogP contribution in [0.1, 0.15) is 12.5 Å². The minimum Gasteiger partial charge on any atom is -0.495 e. The van der Waals surface area contributed by atoms with Gasteiger partial charge in [0.1, 0.15) is 11.5 Å². The molecule has 0 fully saturated rings. The zero-order valence-corrected chi connectivity index (χ0v) is 12.4. The first-order valence-electron chi connectivity index (χ1n) is 6.52. The van der Waals surface area contributed by atoms with Crippen molar-refractivity contribution in [2.24, 2.45) is 0 Å². The molecule has 0 amide bonds. The van der Waals surface area contributed by atoms with Gasteiger partial charge >= 0.3 is 0 Å². The Kier molecular flexibility index (Phi) is 5.13. The number of anilines is 1. The first kappa shape index (κ1) is 14.5. The molecular formula is C16H18ClNO2. The predicted molar refractivity (Wildman–Crippen MR) is 82.9 cm³/mol. The maximum absolute atomic E-state index is 6.01. The maximum atomic E-state index is 6.01. The standard InChI is InChI=1S/C16H18ClNO2/c1-3-20-14-6-4-5-12(9-14)11-18-15-10-13(17)7-8-16(15)19-2/h4-10,18H,3,11H2,1-2H3. The molecule has 0 bridgehead atoms. The van der Waals surface area contributed by atoms with Crippen molar-refractivity contribution in [2.75, 3.05) is 19.0 Å². The number of nitrogens with one attached hydrogen (secondary N) is 1. The minimum absolute atomic E-state index is 0.666. The highest BCUT2D eigenvalue weighted by molar-refractivity contribution is 6.30. The van der Waals surface area contributed by atoms with E-state index in [9.17, 15) is 0 Å². The largest absolute Gasteiger partial charge is 0.495 e. The number of benzene rings is 2. The molecule has 0 aliphatic carbocycles. The average Bonchev–Trinajstić information content (AvgIpc) is 2.46. The van der Waals surface area contributed by atoms with Crippen LogP contribution in [0, 0.1) is 0 Å². The topological polar surface area (TPSA) is 30.5 Å². The fourth-order valence-electron chi connectivity index (χ4n) is 1.93. The molecule has 0 radical (unpaired) electrons. The molecule has 3 nitrogen and oxygen atoms in total. The third-order valence-corrected chi connectivity index (χ3v) is 3.09. The van der Waals surface area contributed by atoms with Gasteiger partial charge in [-0.2, -0.15) is 0 Å². The molecule has 106 valence electrons. The van der Waals surface area contributed by atoms with Gasteiger partial charge in [0.25, 0.3) is 0 Å². The molecule has 1 N–H and O–H groups in total. The van der Waals surface area contributed by atoms with Crippen LogP contribution in [-0.4, -0.2) is 13.7 Å². The van der Waals surface area contributed by atoms with Crippen molar-refractivity contribution in [3.05, 3.63) is 53.1 Å². The maximum Gasteiger partial charge on any atom is 0.142 e. The number of hydrogen-bond acceptors (Lipinski definition) is 3. The Morgan fingerprint density at radius 2 is 2.00 bits per heavy atom. The lowest BCUT2D eigenvalue weighted by Gasteiger charge is -2.12. The summed E-state index contributed by atoms with van der Waals surface area (Å²) < 4.78 is 10.8. The van der Waals surface area contributed by atoms with Gasteiger partial charge in [0.15, 0.2) is 0 Å². The first-order valence-corrected chi connectivity index (χ1v) is 6.90. The van der Waals surface area contributed by atoms with E-state index in [-0.39, 0.29) is 0 Å². The Morgan fingerprint density at radius 1 is 1.15 bits per heavy atom. The van der Waals surface area contributed by atoms with Gasteiger partial charge in [0.05, 0.1) is 19.4 Å². The molecule has 0 unspecified atom stereocenters. The third-order valence-electron chi connectivity index (χ3n) is 2.85. The van der Waals surface area contributed by atoms with Gasteiger partial charge in [-0.3, -0.25) is 0 Å². The van der Waals surface area contributed by atoms with Crippen molar-refractivity contribution in [1.29, 1.82) is 0 Å². The summed E-state index contributed by atoms with van der Waals surface area (Å²) in [6.07, 6.45) is 0. The highest BCUT2D eigenvalue weighted by Crippen LogP contribution is 2.28. The van der Waals surface area contributed by atoms with Crippen LogP contribution in [-0.2, 0) is 6.54 Å². The van der Waals surface area contributed by atoms with E-state index in [0.29, 0.717) is 18.2 Å². The van der Waals surface area contributed by atoms with Gasteiger partial charge in [-0.15, -0.1) is 0 Å². The van der Waals surface area contributed by atoms with Crippen LogP contribution in [0.4, 0.5) is 5.69 Å². The molecule has 2 rings (SSSR count). The average molecular weight is 292 g/mol. The monoisotopic (exact) mass is 291 g/mol. The Bertz CT molecular complexity index is 572. The minimum atomic E-state index is 0.666. The summed E-state index contributed by atoms with van der Waals surface area (Å²) in [5.74, 6) is 1.65. The van der Waals surface area contributed by atoms with Crippen molar-refractivity contribution in [3.8, 4) is 11.5 Å². The summed E-state index contributed by atoms with van der Waals surface area (Å²) in [6, 6.07) is 13.5. The van der Waals surface area contributed by atoms with E-state index in [4.69, 9.17) is 21.1 Å². The van der Waals surface area contributed by atoms with Gasteiger partial charge in [0.2, 0.25) is 0 Å². The summed E-state index contributed by atoms with van der Waals surface area (Å²) in [5.41, 5.74) is 2.01. The SMILES string of the molecule is CCOc1cccc(CNc2cc(Cl)ccc2OC)c1. The van der Waals surface area contributed by atoms with E-state index >= 15 is 0 Å². The number of ether oxygens (including phenoxy) is 2. The zero-order valence-electron chi connectivity index (χ0n) is 11.7. The second-order valence-electron chi connectivity index (χ2n) is 4.28. The highest BCUT2D eigenvalue weighted by atomic mass is 35.5. The molecule has 0 atom stereocenters. The first-order chi connectivity index (χ1) is 9.72. The van der Waals surface area contributed by atoms with Crippen molar-refractivity contribution in [1.82, 2.24) is 0 Å². The van der Waals surface area contributed by atoms with E-state index < -0.39 is 0 Å². The van der Waals surface area contributed by atoms with Crippen LogP contribution in [0.25, 0.3) is 0 Å². The molecule has 0 heterocycles. The van der Waals surface area contributed by atoms with E-state index in [2.05, 4.69) is 5.32 Å². The van der Waals surface area contributed by atoms with Crippen LogP contribution >= 0.6 is 11.6 Å². The molecule has 0 spiro atoms. The lowest BCUT2D eigenvalue weighted by atomic mass is 10.2. The quantitative estimate of drug-likeness (QED) is 0.858. The van der Waals surface area contributed by atoms with Crippen LogP contribution < -0.4 is 14.8 Å². The Labute approximate surface area is 124 Å². The highest BCUT2D eigenvalue weighted by Gasteiger charge is 2.04. The second-order valence-corrected chi connectivity index (χ2v) is 4.72. The molecule has 4 heteroatoms. The van der Waals surface area contributed by atoms with Crippen molar-refractivity contribution < 1.29 is 9.47 Å². The van der Waals surface area contributed by atoms with Crippen molar-refractivity contribution >= 4 is 17.3 Å². The summed E-state index contributed by atoms with van der Waals surface area (Å²) in [6.45, 7) is 3.32. The molecular weight excluding hydrogens is 274 g/mol. The van der Waals surface area contributed by atoms with Crippen molar-refractivity contribution in [3.63, 3.8) is 0 Å². The molecule has 20 heavy (non-hydrogen) atoms. The third kappa shape index (κ3) is 3.81. The summed E-state index contributed by atoms with van der Waals surface area (Å²) in [4.78, 5) is 0. The summed E-state index contributed by atoms with van der Waals surface area (Å²) in [7, 11) is 1.64. The Balaban J connectivity index is 2.08. The zero-order chi connectivity index (χ0) is 14.4.